The van der Waals surface area contributed by atoms with Gasteiger partial charge < -0.3 is 14.8 Å². The summed E-state index contributed by atoms with van der Waals surface area (Å²) in [5.74, 6) is -3.31. The van der Waals surface area contributed by atoms with E-state index in [4.69, 9.17) is 9.47 Å². The Bertz CT molecular complexity index is 1740. The van der Waals surface area contributed by atoms with Crippen molar-refractivity contribution in [2.75, 3.05) is 19.5 Å². The lowest BCUT2D eigenvalue weighted by Gasteiger charge is -2.37. The molecule has 0 amide bonds. The summed E-state index contributed by atoms with van der Waals surface area (Å²) >= 11 is 0. The van der Waals surface area contributed by atoms with Gasteiger partial charge in [0, 0.05) is 17.0 Å². The van der Waals surface area contributed by atoms with E-state index in [-0.39, 0.29) is 44.4 Å². The van der Waals surface area contributed by atoms with Crippen LogP contribution in [0.15, 0.2) is 53.6 Å². The normalized spacial score (nSPS) is 16.5. The van der Waals surface area contributed by atoms with Gasteiger partial charge in [-0.2, -0.15) is 0 Å². The standard InChI is InChI=1S/C27H23F2N3O6S/c1-27(2)21-16-10-14(13-33)32(39(35,36)15-8-6-5-7-9-15)17(16)12-30-26(21)31-24(25(27)34)20-22(28)18(37-3)11-19(38-4)23(20)29/h5-13,24H,1-4H3,(H,30,31). The Morgan fingerprint density at radius 1 is 1.05 bits per heavy atom. The monoisotopic (exact) mass is 555 g/mol. The zero-order valence-electron chi connectivity index (χ0n) is 21.3. The second kappa shape index (κ2) is 9.16. The molecule has 39 heavy (non-hydrogen) atoms. The summed E-state index contributed by atoms with van der Waals surface area (Å²) < 4.78 is 68.6. The van der Waals surface area contributed by atoms with Crippen molar-refractivity contribution in [2.45, 2.75) is 30.2 Å². The van der Waals surface area contributed by atoms with E-state index in [0.717, 1.165) is 10.0 Å². The minimum Gasteiger partial charge on any atom is -0.494 e. The highest BCUT2D eigenvalue weighted by Gasteiger charge is 2.47. The number of carbonyl (C=O) groups excluding carboxylic acids is 2. The highest BCUT2D eigenvalue weighted by molar-refractivity contribution is 7.90. The van der Waals surface area contributed by atoms with Crippen molar-refractivity contribution in [3.63, 3.8) is 0 Å². The molecule has 9 nitrogen and oxygen atoms in total. The number of methoxy groups -OCH3 is 2. The van der Waals surface area contributed by atoms with Gasteiger partial charge in [0.15, 0.2) is 35.2 Å². The van der Waals surface area contributed by atoms with Gasteiger partial charge in [0.05, 0.1) is 47.5 Å². The number of fused-ring (bicyclic) bond motifs is 3. The molecule has 1 N–H and O–H groups in total. The number of nitrogens with one attached hydrogen (secondary N) is 1. The summed E-state index contributed by atoms with van der Waals surface area (Å²) in [7, 11) is -1.81. The Labute approximate surface area is 222 Å². The van der Waals surface area contributed by atoms with E-state index in [1.54, 1.807) is 32.0 Å². The quantitative estimate of drug-likeness (QED) is 0.348. The maximum atomic E-state index is 15.3. The topological polar surface area (TPSA) is 117 Å². The lowest BCUT2D eigenvalue weighted by Crippen LogP contribution is -2.43. The Balaban J connectivity index is 1.75. The third-order valence-electron chi connectivity index (χ3n) is 6.93. The average molecular weight is 556 g/mol. The number of Topliss-reactive ketones (excluding diaryl/α,β-unsaturated/α-hetero) is 1. The first-order valence-electron chi connectivity index (χ1n) is 11.7. The molecule has 0 radical (unpaired) electrons. The number of hydrogen-bond donors (Lipinski definition) is 1. The van der Waals surface area contributed by atoms with Gasteiger partial charge in [-0.1, -0.05) is 18.2 Å². The molecule has 3 heterocycles. The molecule has 202 valence electrons. The summed E-state index contributed by atoms with van der Waals surface area (Å²) in [4.78, 5) is 30.1. The van der Waals surface area contributed by atoms with Crippen LogP contribution in [0, 0.1) is 11.6 Å². The SMILES string of the molecule is COc1cc(OC)c(F)c(C2Nc3ncc4c(cc(C=O)n4S(=O)(=O)c4ccccc4)c3C(C)(C)C2=O)c1F. The molecule has 1 unspecified atom stereocenters. The summed E-state index contributed by atoms with van der Waals surface area (Å²) in [5, 5.41) is 3.09. The molecule has 2 aromatic heterocycles. The van der Waals surface area contributed by atoms with Crippen LogP contribution in [-0.2, 0) is 20.2 Å². The molecule has 0 bridgehead atoms. The van der Waals surface area contributed by atoms with Crippen LogP contribution in [0.1, 0.15) is 41.5 Å². The van der Waals surface area contributed by atoms with Crippen LogP contribution in [-0.4, -0.2) is 43.7 Å². The number of anilines is 1. The first kappa shape index (κ1) is 26.3. The number of rotatable bonds is 6. The fourth-order valence-electron chi connectivity index (χ4n) is 5.01. The van der Waals surface area contributed by atoms with Crippen molar-refractivity contribution in [1.29, 1.82) is 0 Å². The first-order valence-corrected chi connectivity index (χ1v) is 13.1. The number of aldehydes is 1. The summed E-state index contributed by atoms with van der Waals surface area (Å²) in [6.45, 7) is 3.08. The van der Waals surface area contributed by atoms with Crippen LogP contribution in [0.4, 0.5) is 14.6 Å². The van der Waals surface area contributed by atoms with Gasteiger partial charge in [-0.05, 0) is 32.0 Å². The van der Waals surface area contributed by atoms with Gasteiger partial charge in [-0.25, -0.2) is 26.2 Å². The van der Waals surface area contributed by atoms with Crippen molar-refractivity contribution < 1.29 is 36.3 Å². The number of benzene rings is 2. The Kier molecular flexibility index (Phi) is 6.17. The summed E-state index contributed by atoms with van der Waals surface area (Å²) in [6.07, 6.45) is 1.63. The first-order chi connectivity index (χ1) is 18.5. The molecule has 0 spiro atoms. The van der Waals surface area contributed by atoms with Gasteiger partial charge >= 0.3 is 0 Å². The molecular weight excluding hydrogens is 532 g/mol. The molecule has 12 heteroatoms. The molecule has 1 atom stereocenters. The summed E-state index contributed by atoms with van der Waals surface area (Å²) in [5.41, 5.74) is -1.85. The minimum absolute atomic E-state index is 0.0465. The lowest BCUT2D eigenvalue weighted by atomic mass is 9.72. The predicted molar refractivity (Wildman–Crippen MR) is 138 cm³/mol. The smallest absolute Gasteiger partial charge is 0.268 e. The minimum atomic E-state index is -4.21. The fraction of sp³-hybridized carbons (Fsp3) is 0.222. The lowest BCUT2D eigenvalue weighted by molar-refractivity contribution is -0.124. The number of pyridine rings is 1. The van der Waals surface area contributed by atoms with E-state index in [1.807, 2.05) is 0 Å². The van der Waals surface area contributed by atoms with Gasteiger partial charge in [0.1, 0.15) is 11.9 Å². The molecule has 4 aromatic rings. The van der Waals surface area contributed by atoms with Crippen molar-refractivity contribution in [2.24, 2.45) is 0 Å². The van der Waals surface area contributed by atoms with Gasteiger partial charge in [-0.15, -0.1) is 0 Å². The van der Waals surface area contributed by atoms with E-state index < -0.39 is 44.5 Å². The molecule has 5 rings (SSSR count). The van der Waals surface area contributed by atoms with E-state index in [0.29, 0.717) is 6.29 Å². The van der Waals surface area contributed by atoms with Crippen LogP contribution in [0.2, 0.25) is 0 Å². The maximum Gasteiger partial charge on any atom is 0.268 e. The fourth-order valence-corrected chi connectivity index (χ4v) is 6.50. The third-order valence-corrected chi connectivity index (χ3v) is 8.68. The molecule has 0 saturated heterocycles. The highest BCUT2D eigenvalue weighted by atomic mass is 32.2. The molecule has 1 aliphatic heterocycles. The van der Waals surface area contributed by atoms with Crippen LogP contribution in [0.3, 0.4) is 0 Å². The van der Waals surface area contributed by atoms with E-state index in [9.17, 15) is 18.0 Å². The Hall–Kier alpha value is -4.32. The van der Waals surface area contributed by atoms with Gasteiger partial charge in [-0.3, -0.25) is 9.59 Å². The zero-order valence-corrected chi connectivity index (χ0v) is 22.1. The molecule has 0 fully saturated rings. The molecular formula is C27H23F2N3O6S. The van der Waals surface area contributed by atoms with Crippen molar-refractivity contribution in [1.82, 2.24) is 8.96 Å². The molecule has 2 aromatic carbocycles. The number of carbonyl (C=O) groups is 2. The Morgan fingerprint density at radius 3 is 2.23 bits per heavy atom. The number of hydrogen-bond acceptors (Lipinski definition) is 8. The molecule has 0 saturated carbocycles. The Morgan fingerprint density at radius 2 is 1.67 bits per heavy atom. The number of nitrogens with zero attached hydrogens (tertiary/aromatic N) is 2. The number of ether oxygens (including phenoxy) is 2. The number of ketones is 1. The van der Waals surface area contributed by atoms with Crippen LogP contribution >= 0.6 is 0 Å². The predicted octanol–water partition coefficient (Wildman–Crippen LogP) is 4.39. The second-order valence-corrected chi connectivity index (χ2v) is 11.2. The van der Waals surface area contributed by atoms with Gasteiger partial charge in [0.25, 0.3) is 10.0 Å². The van der Waals surface area contributed by atoms with E-state index in [2.05, 4.69) is 10.3 Å². The zero-order chi connectivity index (χ0) is 28.3. The average Bonchev–Trinajstić information content (AvgIpc) is 3.31. The van der Waals surface area contributed by atoms with Crippen molar-refractivity contribution in [3.8, 4) is 11.5 Å². The van der Waals surface area contributed by atoms with E-state index in [1.165, 1.54) is 38.6 Å². The number of halogens is 2. The van der Waals surface area contributed by atoms with Crippen molar-refractivity contribution in [3.05, 3.63) is 77.1 Å². The van der Waals surface area contributed by atoms with Crippen LogP contribution < -0.4 is 14.8 Å². The molecule has 1 aliphatic rings. The molecule has 0 aliphatic carbocycles. The summed E-state index contributed by atoms with van der Waals surface area (Å²) in [6, 6.07) is 8.44. The second-order valence-electron chi connectivity index (χ2n) is 9.44. The largest absolute Gasteiger partial charge is 0.494 e. The van der Waals surface area contributed by atoms with Crippen LogP contribution in [0.25, 0.3) is 10.9 Å². The number of aromatic nitrogens is 2. The third kappa shape index (κ3) is 3.77. The van der Waals surface area contributed by atoms with Crippen molar-refractivity contribution >= 4 is 38.8 Å². The van der Waals surface area contributed by atoms with Gasteiger partial charge in [0.2, 0.25) is 0 Å². The van der Waals surface area contributed by atoms with Crippen LogP contribution in [0.5, 0.6) is 11.5 Å². The van der Waals surface area contributed by atoms with E-state index >= 15 is 8.78 Å². The maximum absolute atomic E-state index is 15.3. The highest BCUT2D eigenvalue weighted by Crippen LogP contribution is 2.47.